The molecule has 2 aromatic rings. The molecule has 1 aliphatic heterocycles. The van der Waals surface area contributed by atoms with Gasteiger partial charge in [-0.25, -0.2) is 9.97 Å². The molecule has 6 nitrogen and oxygen atoms in total. The van der Waals surface area contributed by atoms with Crippen LogP contribution >= 0.6 is 0 Å². The van der Waals surface area contributed by atoms with Crippen molar-refractivity contribution in [3.8, 4) is 5.75 Å². The van der Waals surface area contributed by atoms with Gasteiger partial charge in [0, 0.05) is 29.9 Å². The molecule has 0 radical (unpaired) electrons. The summed E-state index contributed by atoms with van der Waals surface area (Å²) in [5.74, 6) is 1.69. The largest absolute Gasteiger partial charge is 0.497 e. The Morgan fingerprint density at radius 1 is 1.22 bits per heavy atom. The number of aryl methyl sites for hydroxylation is 1. The van der Waals surface area contributed by atoms with Crippen molar-refractivity contribution in [3.05, 3.63) is 41.9 Å². The quantitative estimate of drug-likeness (QED) is 0.938. The topological polar surface area (TPSA) is 67.3 Å². The lowest BCUT2D eigenvalue weighted by Crippen LogP contribution is -2.28. The van der Waals surface area contributed by atoms with E-state index >= 15 is 0 Å². The summed E-state index contributed by atoms with van der Waals surface area (Å²) in [6.45, 7) is 4.55. The predicted molar refractivity (Wildman–Crippen MR) is 88.9 cm³/mol. The Morgan fingerprint density at radius 3 is 2.65 bits per heavy atom. The first kappa shape index (κ1) is 15.3. The molecule has 120 valence electrons. The van der Waals surface area contributed by atoms with E-state index in [1.165, 1.54) is 0 Å². The summed E-state index contributed by atoms with van der Waals surface area (Å²) < 4.78 is 5.15. The van der Waals surface area contributed by atoms with E-state index in [0.29, 0.717) is 13.0 Å². The highest BCUT2D eigenvalue weighted by atomic mass is 16.5. The van der Waals surface area contributed by atoms with E-state index in [9.17, 15) is 4.79 Å². The SMILES string of the molecule is COc1ccc(N2CC(Nc3ncnc(C)c3C)CC2=O)cc1. The van der Waals surface area contributed by atoms with E-state index in [2.05, 4.69) is 15.3 Å². The number of hydrogen-bond acceptors (Lipinski definition) is 5. The second-order valence-electron chi connectivity index (χ2n) is 5.68. The average molecular weight is 312 g/mol. The van der Waals surface area contributed by atoms with Crippen LogP contribution in [0.15, 0.2) is 30.6 Å². The van der Waals surface area contributed by atoms with E-state index in [0.717, 1.165) is 28.5 Å². The summed E-state index contributed by atoms with van der Waals surface area (Å²) in [5, 5.41) is 3.36. The Morgan fingerprint density at radius 2 is 1.96 bits per heavy atom. The fourth-order valence-corrected chi connectivity index (χ4v) is 2.69. The van der Waals surface area contributed by atoms with Gasteiger partial charge in [-0.1, -0.05) is 0 Å². The Balaban J connectivity index is 1.73. The molecule has 1 aliphatic rings. The van der Waals surface area contributed by atoms with Crippen LogP contribution in [0.5, 0.6) is 5.75 Å². The summed E-state index contributed by atoms with van der Waals surface area (Å²) in [4.78, 5) is 22.5. The number of carbonyl (C=O) groups excluding carboxylic acids is 1. The van der Waals surface area contributed by atoms with Crippen molar-refractivity contribution in [1.29, 1.82) is 0 Å². The number of nitrogens with one attached hydrogen (secondary N) is 1. The van der Waals surface area contributed by atoms with Crippen molar-refractivity contribution >= 4 is 17.4 Å². The van der Waals surface area contributed by atoms with Gasteiger partial charge >= 0.3 is 0 Å². The summed E-state index contributed by atoms with van der Waals surface area (Å²) in [6.07, 6.45) is 2.00. The van der Waals surface area contributed by atoms with Gasteiger partial charge in [0.2, 0.25) is 5.91 Å². The maximum absolute atomic E-state index is 12.3. The molecular formula is C17H20N4O2. The molecule has 0 saturated carbocycles. The first-order valence-electron chi connectivity index (χ1n) is 7.57. The maximum Gasteiger partial charge on any atom is 0.229 e. The number of aromatic nitrogens is 2. The molecule has 1 fully saturated rings. The van der Waals surface area contributed by atoms with E-state index < -0.39 is 0 Å². The lowest BCUT2D eigenvalue weighted by Gasteiger charge is -2.18. The van der Waals surface area contributed by atoms with E-state index in [1.54, 1.807) is 18.3 Å². The summed E-state index contributed by atoms with van der Waals surface area (Å²) >= 11 is 0. The van der Waals surface area contributed by atoms with Crippen molar-refractivity contribution < 1.29 is 9.53 Å². The van der Waals surface area contributed by atoms with Crippen LogP contribution in [0.25, 0.3) is 0 Å². The highest BCUT2D eigenvalue weighted by Gasteiger charge is 2.31. The van der Waals surface area contributed by atoms with Crippen molar-refractivity contribution in [3.63, 3.8) is 0 Å². The number of benzene rings is 1. The third-order valence-corrected chi connectivity index (χ3v) is 4.19. The smallest absolute Gasteiger partial charge is 0.229 e. The molecule has 0 spiro atoms. The molecule has 1 aromatic heterocycles. The molecule has 0 bridgehead atoms. The van der Waals surface area contributed by atoms with Gasteiger partial charge in [0.25, 0.3) is 0 Å². The average Bonchev–Trinajstić information content (AvgIpc) is 2.92. The van der Waals surface area contributed by atoms with Gasteiger partial charge in [0.05, 0.1) is 13.2 Å². The van der Waals surface area contributed by atoms with Crippen LogP contribution in [0, 0.1) is 13.8 Å². The molecule has 1 saturated heterocycles. The zero-order valence-corrected chi connectivity index (χ0v) is 13.5. The number of hydrogen-bond donors (Lipinski definition) is 1. The van der Waals surface area contributed by atoms with Gasteiger partial charge in [-0.2, -0.15) is 0 Å². The van der Waals surface area contributed by atoms with Crippen molar-refractivity contribution in [2.75, 3.05) is 23.9 Å². The van der Waals surface area contributed by atoms with Gasteiger partial charge in [-0.05, 0) is 38.1 Å². The monoisotopic (exact) mass is 312 g/mol. The molecule has 3 rings (SSSR count). The lowest BCUT2D eigenvalue weighted by atomic mass is 10.2. The molecule has 0 aliphatic carbocycles. The first-order valence-corrected chi connectivity index (χ1v) is 7.57. The highest BCUT2D eigenvalue weighted by molar-refractivity contribution is 5.96. The number of nitrogens with zero attached hydrogens (tertiary/aromatic N) is 3. The number of ether oxygens (including phenoxy) is 1. The van der Waals surface area contributed by atoms with Crippen LogP contribution in [0.1, 0.15) is 17.7 Å². The Labute approximate surface area is 135 Å². The predicted octanol–water partition coefficient (Wildman–Crippen LogP) is 2.32. The fourth-order valence-electron chi connectivity index (χ4n) is 2.69. The zero-order chi connectivity index (χ0) is 16.4. The van der Waals surface area contributed by atoms with Crippen LogP contribution < -0.4 is 15.0 Å². The number of carbonyl (C=O) groups is 1. The maximum atomic E-state index is 12.3. The standard InChI is InChI=1S/C17H20N4O2/c1-11-12(2)18-10-19-17(11)20-13-8-16(22)21(9-13)14-4-6-15(23-3)7-5-14/h4-7,10,13H,8-9H2,1-3H3,(H,18,19,20). The third kappa shape index (κ3) is 3.11. The Hall–Kier alpha value is -2.63. The van der Waals surface area contributed by atoms with Crippen LogP contribution in [0.2, 0.25) is 0 Å². The Bertz CT molecular complexity index is 715. The minimum atomic E-state index is 0.0394. The minimum Gasteiger partial charge on any atom is -0.497 e. The van der Waals surface area contributed by atoms with Crippen molar-refractivity contribution in [1.82, 2.24) is 9.97 Å². The van der Waals surface area contributed by atoms with Crippen LogP contribution in [-0.2, 0) is 4.79 Å². The second-order valence-corrected chi connectivity index (χ2v) is 5.68. The van der Waals surface area contributed by atoms with Crippen LogP contribution in [0.3, 0.4) is 0 Å². The lowest BCUT2D eigenvalue weighted by molar-refractivity contribution is -0.117. The number of methoxy groups -OCH3 is 1. The molecule has 1 atom stereocenters. The Kier molecular flexibility index (Phi) is 4.14. The van der Waals surface area contributed by atoms with Gasteiger partial charge in [0.1, 0.15) is 17.9 Å². The van der Waals surface area contributed by atoms with Crippen LogP contribution in [0.4, 0.5) is 11.5 Å². The molecule has 23 heavy (non-hydrogen) atoms. The summed E-state index contributed by atoms with van der Waals surface area (Å²) in [6, 6.07) is 7.57. The molecular weight excluding hydrogens is 292 g/mol. The second kappa shape index (κ2) is 6.24. The molecule has 2 heterocycles. The third-order valence-electron chi connectivity index (χ3n) is 4.19. The van der Waals surface area contributed by atoms with Crippen LogP contribution in [-0.4, -0.2) is 35.6 Å². The number of anilines is 2. The molecule has 1 unspecified atom stereocenters. The van der Waals surface area contributed by atoms with Gasteiger partial charge < -0.3 is 15.0 Å². The molecule has 1 aromatic carbocycles. The van der Waals surface area contributed by atoms with Gasteiger partial charge in [0.15, 0.2) is 0 Å². The van der Waals surface area contributed by atoms with E-state index in [1.807, 2.05) is 38.1 Å². The molecule has 1 amide bonds. The minimum absolute atomic E-state index is 0.0394. The van der Waals surface area contributed by atoms with Gasteiger partial charge in [-0.15, -0.1) is 0 Å². The zero-order valence-electron chi connectivity index (χ0n) is 13.5. The van der Waals surface area contributed by atoms with Gasteiger partial charge in [-0.3, -0.25) is 4.79 Å². The summed E-state index contributed by atoms with van der Waals surface area (Å²) in [5.41, 5.74) is 2.84. The molecule has 6 heteroatoms. The number of rotatable bonds is 4. The summed E-state index contributed by atoms with van der Waals surface area (Å²) in [7, 11) is 1.63. The number of amides is 1. The van der Waals surface area contributed by atoms with E-state index in [4.69, 9.17) is 4.74 Å². The van der Waals surface area contributed by atoms with Crippen molar-refractivity contribution in [2.24, 2.45) is 0 Å². The normalized spacial score (nSPS) is 17.4. The highest BCUT2D eigenvalue weighted by Crippen LogP contribution is 2.26. The first-order chi connectivity index (χ1) is 11.1. The van der Waals surface area contributed by atoms with Crippen molar-refractivity contribution in [2.45, 2.75) is 26.3 Å². The van der Waals surface area contributed by atoms with E-state index in [-0.39, 0.29) is 11.9 Å². The fraction of sp³-hybridized carbons (Fsp3) is 0.353. The molecule has 1 N–H and O–H groups in total.